The average molecular weight is 357 g/mol. The first kappa shape index (κ1) is 18.4. The van der Waals surface area contributed by atoms with Crippen molar-refractivity contribution in [3.05, 3.63) is 65.5 Å². The molecule has 1 fully saturated rings. The maximum Gasteiger partial charge on any atom is 0.307 e. The second-order valence-corrected chi connectivity index (χ2v) is 6.60. The maximum atomic E-state index is 13.4. The summed E-state index contributed by atoms with van der Waals surface area (Å²) in [5, 5.41) is 9.45. The molecule has 2 atom stereocenters. The molecule has 5 heteroatoms. The molecule has 0 bridgehead atoms. The molecule has 1 aliphatic heterocycles. The summed E-state index contributed by atoms with van der Waals surface area (Å²) in [7, 11) is 0. The Labute approximate surface area is 153 Å². The highest BCUT2D eigenvalue weighted by Crippen LogP contribution is 2.37. The van der Waals surface area contributed by atoms with Crippen molar-refractivity contribution in [2.75, 3.05) is 19.7 Å². The number of nitrogens with zero attached hydrogens (tertiary/aromatic N) is 1. The molecule has 4 nitrogen and oxygen atoms in total. The van der Waals surface area contributed by atoms with E-state index in [-0.39, 0.29) is 17.8 Å². The highest BCUT2D eigenvalue weighted by Gasteiger charge is 2.32. The van der Waals surface area contributed by atoms with Crippen molar-refractivity contribution < 1.29 is 19.0 Å². The van der Waals surface area contributed by atoms with Crippen LogP contribution in [-0.4, -0.2) is 35.7 Å². The van der Waals surface area contributed by atoms with Crippen LogP contribution in [0.1, 0.15) is 36.9 Å². The van der Waals surface area contributed by atoms with Crippen LogP contribution in [0.15, 0.2) is 48.5 Å². The van der Waals surface area contributed by atoms with Gasteiger partial charge in [0.05, 0.1) is 18.6 Å². The lowest BCUT2D eigenvalue weighted by molar-refractivity contribution is -0.143. The van der Waals surface area contributed by atoms with Crippen LogP contribution in [0.5, 0.6) is 5.75 Å². The SMILES string of the molecule is CCOc1ccccc1C(c1ccc(F)cc1)N1CCCC(C(=O)O)C1. The summed E-state index contributed by atoms with van der Waals surface area (Å²) in [5.74, 6) is -0.647. The largest absolute Gasteiger partial charge is 0.494 e. The number of carboxylic acids is 1. The first-order valence-corrected chi connectivity index (χ1v) is 9.04. The van der Waals surface area contributed by atoms with Crippen molar-refractivity contribution >= 4 is 5.97 Å². The molecule has 26 heavy (non-hydrogen) atoms. The minimum atomic E-state index is -0.759. The van der Waals surface area contributed by atoms with Crippen LogP contribution in [0.3, 0.4) is 0 Å². The third kappa shape index (κ3) is 4.05. The Balaban J connectivity index is 2.02. The summed E-state index contributed by atoms with van der Waals surface area (Å²) in [6.45, 7) is 3.75. The molecule has 1 heterocycles. The minimum Gasteiger partial charge on any atom is -0.494 e. The third-order valence-corrected chi connectivity index (χ3v) is 4.87. The summed E-state index contributed by atoms with van der Waals surface area (Å²) in [4.78, 5) is 13.7. The lowest BCUT2D eigenvalue weighted by Gasteiger charge is -2.38. The Morgan fingerprint density at radius 3 is 2.69 bits per heavy atom. The van der Waals surface area contributed by atoms with Gasteiger partial charge in [-0.3, -0.25) is 9.69 Å². The second-order valence-electron chi connectivity index (χ2n) is 6.60. The molecular formula is C21H24FNO3. The smallest absolute Gasteiger partial charge is 0.307 e. The number of carboxylic acid groups (broad SMARTS) is 1. The number of para-hydroxylation sites is 1. The van der Waals surface area contributed by atoms with E-state index >= 15 is 0 Å². The zero-order chi connectivity index (χ0) is 18.5. The Morgan fingerprint density at radius 1 is 1.27 bits per heavy atom. The van der Waals surface area contributed by atoms with Crippen LogP contribution in [0, 0.1) is 11.7 Å². The van der Waals surface area contributed by atoms with Gasteiger partial charge in [0.1, 0.15) is 11.6 Å². The fourth-order valence-electron chi connectivity index (χ4n) is 3.67. The number of rotatable bonds is 6. The number of hydrogen-bond donors (Lipinski definition) is 1. The van der Waals surface area contributed by atoms with Crippen LogP contribution < -0.4 is 4.74 Å². The van der Waals surface area contributed by atoms with Crippen LogP contribution in [0.25, 0.3) is 0 Å². The van der Waals surface area contributed by atoms with Crippen molar-refractivity contribution in [2.45, 2.75) is 25.8 Å². The Bertz CT molecular complexity index is 747. The van der Waals surface area contributed by atoms with E-state index in [1.807, 2.05) is 31.2 Å². The van der Waals surface area contributed by atoms with Crippen LogP contribution in [-0.2, 0) is 4.79 Å². The maximum absolute atomic E-state index is 13.4. The summed E-state index contributed by atoms with van der Waals surface area (Å²) >= 11 is 0. The molecule has 0 radical (unpaired) electrons. The number of hydrogen-bond acceptors (Lipinski definition) is 3. The number of benzene rings is 2. The van der Waals surface area contributed by atoms with E-state index in [1.165, 1.54) is 12.1 Å². The Morgan fingerprint density at radius 2 is 2.00 bits per heavy atom. The van der Waals surface area contributed by atoms with Gasteiger partial charge in [0.15, 0.2) is 0 Å². The normalized spacial score (nSPS) is 19.1. The molecule has 1 saturated heterocycles. The van der Waals surface area contributed by atoms with Gasteiger partial charge in [-0.05, 0) is 50.1 Å². The molecule has 3 rings (SSSR count). The third-order valence-electron chi connectivity index (χ3n) is 4.87. The van der Waals surface area contributed by atoms with E-state index in [1.54, 1.807) is 12.1 Å². The van der Waals surface area contributed by atoms with Gasteiger partial charge < -0.3 is 9.84 Å². The molecule has 0 aromatic heterocycles. The van der Waals surface area contributed by atoms with E-state index in [0.29, 0.717) is 19.6 Å². The fraction of sp³-hybridized carbons (Fsp3) is 0.381. The Kier molecular flexibility index (Phi) is 5.89. The Hall–Kier alpha value is -2.40. The molecule has 138 valence electrons. The fourth-order valence-corrected chi connectivity index (χ4v) is 3.67. The summed E-state index contributed by atoms with van der Waals surface area (Å²) in [6, 6.07) is 14.1. The van der Waals surface area contributed by atoms with Crippen LogP contribution in [0.4, 0.5) is 4.39 Å². The summed E-state index contributed by atoms with van der Waals surface area (Å²) in [6.07, 6.45) is 1.51. The standard InChI is InChI=1S/C21H24FNO3/c1-2-26-19-8-4-3-7-18(19)20(15-9-11-17(22)12-10-15)23-13-5-6-16(14-23)21(24)25/h3-4,7-12,16,20H,2,5-6,13-14H2,1H3,(H,24,25). The van der Waals surface area contributed by atoms with E-state index in [2.05, 4.69) is 4.90 Å². The highest BCUT2D eigenvalue weighted by atomic mass is 19.1. The van der Waals surface area contributed by atoms with Gasteiger partial charge in [0, 0.05) is 12.1 Å². The lowest BCUT2D eigenvalue weighted by atomic mass is 9.91. The van der Waals surface area contributed by atoms with Gasteiger partial charge in [-0.1, -0.05) is 30.3 Å². The van der Waals surface area contributed by atoms with Crippen molar-refractivity contribution in [1.29, 1.82) is 0 Å². The molecule has 0 aliphatic carbocycles. The van der Waals surface area contributed by atoms with Crippen LogP contribution in [0.2, 0.25) is 0 Å². The average Bonchev–Trinajstić information content (AvgIpc) is 2.65. The molecule has 0 spiro atoms. The van der Waals surface area contributed by atoms with Gasteiger partial charge in [0.2, 0.25) is 0 Å². The summed E-state index contributed by atoms with van der Waals surface area (Å²) in [5.41, 5.74) is 1.91. The van der Waals surface area contributed by atoms with Crippen LogP contribution >= 0.6 is 0 Å². The van der Waals surface area contributed by atoms with E-state index in [9.17, 15) is 14.3 Å². The van der Waals surface area contributed by atoms with Crippen molar-refractivity contribution in [2.24, 2.45) is 5.92 Å². The summed E-state index contributed by atoms with van der Waals surface area (Å²) < 4.78 is 19.3. The van der Waals surface area contributed by atoms with E-state index in [0.717, 1.165) is 29.8 Å². The number of halogens is 1. The zero-order valence-electron chi connectivity index (χ0n) is 14.9. The molecule has 1 aliphatic rings. The van der Waals surface area contributed by atoms with E-state index < -0.39 is 5.97 Å². The highest BCUT2D eigenvalue weighted by molar-refractivity contribution is 5.70. The zero-order valence-corrected chi connectivity index (χ0v) is 14.9. The monoisotopic (exact) mass is 357 g/mol. The van der Waals surface area contributed by atoms with Gasteiger partial charge in [0.25, 0.3) is 0 Å². The van der Waals surface area contributed by atoms with Crippen molar-refractivity contribution in [1.82, 2.24) is 4.90 Å². The topological polar surface area (TPSA) is 49.8 Å². The lowest BCUT2D eigenvalue weighted by Crippen LogP contribution is -2.41. The number of aliphatic carboxylic acids is 1. The first-order chi connectivity index (χ1) is 12.6. The minimum absolute atomic E-state index is 0.166. The number of ether oxygens (including phenoxy) is 1. The number of carbonyl (C=O) groups is 1. The second kappa shape index (κ2) is 8.32. The molecule has 0 amide bonds. The van der Waals surface area contributed by atoms with Gasteiger partial charge in [-0.2, -0.15) is 0 Å². The van der Waals surface area contributed by atoms with Gasteiger partial charge in [-0.25, -0.2) is 4.39 Å². The van der Waals surface area contributed by atoms with Crippen molar-refractivity contribution in [3.63, 3.8) is 0 Å². The molecule has 2 unspecified atom stereocenters. The molecular weight excluding hydrogens is 333 g/mol. The van der Waals surface area contributed by atoms with E-state index in [4.69, 9.17) is 4.74 Å². The van der Waals surface area contributed by atoms with Gasteiger partial charge >= 0.3 is 5.97 Å². The van der Waals surface area contributed by atoms with Gasteiger partial charge in [-0.15, -0.1) is 0 Å². The predicted octanol–water partition coefficient (Wildman–Crippen LogP) is 4.11. The molecule has 0 saturated carbocycles. The predicted molar refractivity (Wildman–Crippen MR) is 97.8 cm³/mol. The molecule has 1 N–H and O–H groups in total. The molecule has 2 aromatic carbocycles. The first-order valence-electron chi connectivity index (χ1n) is 9.04. The quantitative estimate of drug-likeness (QED) is 0.845. The van der Waals surface area contributed by atoms with Crippen molar-refractivity contribution in [3.8, 4) is 5.75 Å². The number of likely N-dealkylation sites (tertiary alicyclic amines) is 1. The number of piperidine rings is 1. The molecule has 2 aromatic rings.